The van der Waals surface area contributed by atoms with Crippen LogP contribution in [0.5, 0.6) is 5.75 Å². The first kappa shape index (κ1) is 15.6. The molecule has 4 heteroatoms. The van der Waals surface area contributed by atoms with Crippen LogP contribution < -0.4 is 10.1 Å². The van der Waals surface area contributed by atoms with E-state index in [0.29, 0.717) is 18.7 Å². The van der Waals surface area contributed by atoms with Gasteiger partial charge in [-0.25, -0.2) is 4.98 Å². The summed E-state index contributed by atoms with van der Waals surface area (Å²) in [5.74, 6) is 0.929. The Morgan fingerprint density at radius 3 is 2.67 bits per heavy atom. The highest BCUT2D eigenvalue weighted by atomic mass is 16.5. The lowest BCUT2D eigenvalue weighted by Gasteiger charge is -2.16. The summed E-state index contributed by atoms with van der Waals surface area (Å²) < 4.78 is 8.09. The Morgan fingerprint density at radius 1 is 1.29 bits per heavy atom. The molecule has 21 heavy (non-hydrogen) atoms. The van der Waals surface area contributed by atoms with Crippen molar-refractivity contribution in [1.29, 1.82) is 0 Å². The molecule has 2 aromatic rings. The lowest BCUT2D eigenvalue weighted by molar-refractivity contribution is 0.290. The minimum atomic E-state index is 0.347. The smallest absolute Gasteiger partial charge is 0.130 e. The number of imidazole rings is 1. The molecule has 1 atom stereocenters. The van der Waals surface area contributed by atoms with Crippen LogP contribution in [-0.4, -0.2) is 16.6 Å². The zero-order valence-corrected chi connectivity index (χ0v) is 13.6. The SMILES string of the molecule is CNC(C)c1ccc(OCc2cncn2C(C)C)c(C)c1. The molecule has 0 spiro atoms. The van der Waals surface area contributed by atoms with Gasteiger partial charge >= 0.3 is 0 Å². The van der Waals surface area contributed by atoms with Gasteiger partial charge in [-0.2, -0.15) is 0 Å². The number of hydrogen-bond acceptors (Lipinski definition) is 3. The standard InChI is InChI=1S/C17H25N3O/c1-12(2)20-11-19-9-16(20)10-21-17-7-6-15(8-13(17)3)14(4)18-5/h6-9,11-12,14,18H,10H2,1-5H3. The van der Waals surface area contributed by atoms with Crippen LogP contribution in [0.2, 0.25) is 0 Å². The van der Waals surface area contributed by atoms with E-state index in [0.717, 1.165) is 17.0 Å². The van der Waals surface area contributed by atoms with Gasteiger partial charge in [0.15, 0.2) is 0 Å². The first-order valence-electron chi connectivity index (χ1n) is 7.44. The fourth-order valence-electron chi connectivity index (χ4n) is 2.33. The largest absolute Gasteiger partial charge is 0.487 e. The first-order chi connectivity index (χ1) is 10.0. The third kappa shape index (κ3) is 3.64. The number of aryl methyl sites for hydroxylation is 1. The van der Waals surface area contributed by atoms with Gasteiger partial charge in [0.2, 0.25) is 0 Å². The fourth-order valence-corrected chi connectivity index (χ4v) is 2.33. The molecule has 0 amide bonds. The van der Waals surface area contributed by atoms with E-state index < -0.39 is 0 Å². The van der Waals surface area contributed by atoms with Crippen LogP contribution in [0, 0.1) is 6.92 Å². The molecule has 114 valence electrons. The topological polar surface area (TPSA) is 39.1 Å². The van der Waals surface area contributed by atoms with Crippen molar-refractivity contribution in [3.8, 4) is 5.75 Å². The zero-order chi connectivity index (χ0) is 15.4. The molecule has 0 bridgehead atoms. The fraction of sp³-hybridized carbons (Fsp3) is 0.471. The normalized spacial score (nSPS) is 12.7. The molecule has 0 aliphatic carbocycles. The van der Waals surface area contributed by atoms with Gasteiger partial charge in [-0.15, -0.1) is 0 Å². The van der Waals surface area contributed by atoms with Gasteiger partial charge in [-0.1, -0.05) is 12.1 Å². The van der Waals surface area contributed by atoms with Crippen molar-refractivity contribution >= 4 is 0 Å². The second-order valence-electron chi connectivity index (χ2n) is 5.71. The second-order valence-corrected chi connectivity index (χ2v) is 5.71. The van der Waals surface area contributed by atoms with E-state index in [-0.39, 0.29) is 0 Å². The molecule has 0 aliphatic rings. The van der Waals surface area contributed by atoms with Gasteiger partial charge in [0.1, 0.15) is 12.4 Å². The molecule has 1 N–H and O–H groups in total. The summed E-state index contributed by atoms with van der Waals surface area (Å²) in [5, 5.41) is 3.25. The molecular weight excluding hydrogens is 262 g/mol. The summed E-state index contributed by atoms with van der Waals surface area (Å²) in [5.41, 5.74) is 3.52. The van der Waals surface area contributed by atoms with Crippen LogP contribution in [-0.2, 0) is 6.61 Å². The maximum atomic E-state index is 5.96. The van der Waals surface area contributed by atoms with Crippen molar-refractivity contribution in [3.63, 3.8) is 0 Å². The predicted octanol–water partition coefficient (Wildman–Crippen LogP) is 3.63. The van der Waals surface area contributed by atoms with E-state index in [9.17, 15) is 0 Å². The summed E-state index contributed by atoms with van der Waals surface area (Å²) in [6, 6.07) is 7.08. The Morgan fingerprint density at radius 2 is 2.05 bits per heavy atom. The number of hydrogen-bond donors (Lipinski definition) is 1. The molecule has 0 fully saturated rings. The third-order valence-electron chi connectivity index (χ3n) is 3.81. The van der Waals surface area contributed by atoms with Crippen molar-refractivity contribution in [2.45, 2.75) is 46.4 Å². The Bertz CT molecular complexity index is 589. The minimum absolute atomic E-state index is 0.347. The van der Waals surface area contributed by atoms with Crippen LogP contribution in [0.1, 0.15) is 49.7 Å². The van der Waals surface area contributed by atoms with Crippen LogP contribution in [0.15, 0.2) is 30.7 Å². The van der Waals surface area contributed by atoms with Crippen molar-refractivity contribution < 1.29 is 4.74 Å². The number of rotatable bonds is 6. The van der Waals surface area contributed by atoms with E-state index in [1.54, 1.807) is 0 Å². The highest BCUT2D eigenvalue weighted by molar-refractivity contribution is 5.37. The Labute approximate surface area is 127 Å². The third-order valence-corrected chi connectivity index (χ3v) is 3.81. The van der Waals surface area contributed by atoms with Crippen molar-refractivity contribution in [2.75, 3.05) is 7.05 Å². The average molecular weight is 287 g/mol. The maximum Gasteiger partial charge on any atom is 0.130 e. The molecule has 0 aliphatic heterocycles. The predicted molar refractivity (Wildman–Crippen MR) is 85.6 cm³/mol. The summed E-state index contributed by atoms with van der Waals surface area (Å²) in [6.45, 7) is 9.06. The number of aromatic nitrogens is 2. The zero-order valence-electron chi connectivity index (χ0n) is 13.6. The van der Waals surface area contributed by atoms with E-state index in [2.05, 4.69) is 60.8 Å². The molecular formula is C17H25N3O. The van der Waals surface area contributed by atoms with Crippen molar-refractivity contribution in [3.05, 3.63) is 47.5 Å². The van der Waals surface area contributed by atoms with Crippen molar-refractivity contribution in [2.24, 2.45) is 0 Å². The monoisotopic (exact) mass is 287 g/mol. The molecule has 2 rings (SSSR count). The van der Waals surface area contributed by atoms with Crippen LogP contribution in [0.25, 0.3) is 0 Å². The van der Waals surface area contributed by atoms with E-state index >= 15 is 0 Å². The first-order valence-corrected chi connectivity index (χ1v) is 7.44. The van der Waals surface area contributed by atoms with Gasteiger partial charge in [0.05, 0.1) is 18.2 Å². The number of nitrogens with zero attached hydrogens (tertiary/aromatic N) is 2. The summed E-state index contributed by atoms with van der Waals surface area (Å²) in [7, 11) is 1.97. The van der Waals surface area contributed by atoms with E-state index in [1.807, 2.05) is 19.6 Å². The maximum absolute atomic E-state index is 5.96. The minimum Gasteiger partial charge on any atom is -0.487 e. The molecule has 0 saturated heterocycles. The lowest BCUT2D eigenvalue weighted by Crippen LogP contribution is -2.12. The average Bonchev–Trinajstić information content (AvgIpc) is 2.93. The Balaban J connectivity index is 2.08. The molecule has 1 aromatic heterocycles. The van der Waals surface area contributed by atoms with Crippen molar-refractivity contribution in [1.82, 2.24) is 14.9 Å². The highest BCUT2D eigenvalue weighted by Crippen LogP contribution is 2.23. The molecule has 0 saturated carbocycles. The van der Waals surface area contributed by atoms with Gasteiger partial charge in [-0.3, -0.25) is 0 Å². The lowest BCUT2D eigenvalue weighted by atomic mass is 10.1. The van der Waals surface area contributed by atoms with Gasteiger partial charge < -0.3 is 14.6 Å². The summed E-state index contributed by atoms with van der Waals surface area (Å²) in [4.78, 5) is 4.20. The number of benzene rings is 1. The van der Waals surface area contributed by atoms with Gasteiger partial charge in [-0.05, 0) is 51.9 Å². The molecule has 4 nitrogen and oxygen atoms in total. The Kier molecular flexibility index (Phi) is 5.02. The van der Waals surface area contributed by atoms with Crippen LogP contribution in [0.4, 0.5) is 0 Å². The van der Waals surface area contributed by atoms with Crippen LogP contribution >= 0.6 is 0 Å². The van der Waals surface area contributed by atoms with Gasteiger partial charge in [0, 0.05) is 12.1 Å². The molecule has 0 radical (unpaired) electrons. The number of nitrogens with one attached hydrogen (secondary N) is 1. The molecule has 1 unspecified atom stereocenters. The second kappa shape index (κ2) is 6.76. The quantitative estimate of drug-likeness (QED) is 0.881. The molecule has 1 aromatic carbocycles. The Hall–Kier alpha value is -1.81. The van der Waals surface area contributed by atoms with E-state index in [1.165, 1.54) is 5.56 Å². The van der Waals surface area contributed by atoms with Gasteiger partial charge in [0.25, 0.3) is 0 Å². The van der Waals surface area contributed by atoms with E-state index in [4.69, 9.17) is 4.74 Å². The summed E-state index contributed by atoms with van der Waals surface area (Å²) in [6.07, 6.45) is 3.72. The molecule has 1 heterocycles. The van der Waals surface area contributed by atoms with Crippen LogP contribution in [0.3, 0.4) is 0 Å². The highest BCUT2D eigenvalue weighted by Gasteiger charge is 2.09. The number of ether oxygens (including phenoxy) is 1. The summed E-state index contributed by atoms with van der Waals surface area (Å²) >= 11 is 0.